The second kappa shape index (κ2) is 6.00. The summed E-state index contributed by atoms with van der Waals surface area (Å²) >= 11 is 0. The van der Waals surface area contributed by atoms with Gasteiger partial charge in [-0.3, -0.25) is 0 Å². The summed E-state index contributed by atoms with van der Waals surface area (Å²) in [6.45, 7) is 4.30. The van der Waals surface area contributed by atoms with Crippen molar-refractivity contribution in [3.63, 3.8) is 0 Å². The summed E-state index contributed by atoms with van der Waals surface area (Å²) in [4.78, 5) is 11.0. The number of nitrogens with one attached hydrogen (secondary N) is 1. The average Bonchev–Trinajstić information content (AvgIpc) is 2.88. The van der Waals surface area contributed by atoms with E-state index in [1.54, 1.807) is 6.33 Å². The van der Waals surface area contributed by atoms with Gasteiger partial charge in [-0.1, -0.05) is 13.3 Å². The van der Waals surface area contributed by atoms with Crippen LogP contribution in [-0.4, -0.2) is 41.8 Å². The van der Waals surface area contributed by atoms with E-state index in [1.807, 2.05) is 7.05 Å². The first kappa shape index (κ1) is 13.1. The lowest BCUT2D eigenvalue weighted by Gasteiger charge is -2.21. The zero-order chi connectivity index (χ0) is 13.0. The number of hydrogen-bond donors (Lipinski definition) is 2. The monoisotopic (exact) mass is 250 g/mol. The van der Waals surface area contributed by atoms with Gasteiger partial charge in [0, 0.05) is 38.2 Å². The number of hydrogen-bond acceptors (Lipinski definition) is 5. The summed E-state index contributed by atoms with van der Waals surface area (Å²) in [5, 5.41) is 12.4. The largest absolute Gasteiger partial charge is 0.396 e. The van der Waals surface area contributed by atoms with Crippen LogP contribution in [0.5, 0.6) is 0 Å². The van der Waals surface area contributed by atoms with Crippen LogP contribution in [0.1, 0.15) is 25.3 Å². The van der Waals surface area contributed by atoms with Gasteiger partial charge < -0.3 is 15.3 Å². The maximum atomic E-state index is 9.23. The molecule has 1 unspecified atom stereocenters. The smallest absolute Gasteiger partial charge is 0.137 e. The minimum Gasteiger partial charge on any atom is -0.396 e. The van der Waals surface area contributed by atoms with E-state index in [0.717, 1.165) is 44.0 Å². The third kappa shape index (κ3) is 2.56. The number of rotatable bonds is 5. The van der Waals surface area contributed by atoms with Gasteiger partial charge in [-0.15, -0.1) is 0 Å². The number of aromatic nitrogens is 2. The Balaban J connectivity index is 2.26. The quantitative estimate of drug-likeness (QED) is 0.824. The van der Waals surface area contributed by atoms with E-state index < -0.39 is 0 Å². The van der Waals surface area contributed by atoms with Crippen LogP contribution in [0.25, 0.3) is 0 Å². The summed E-state index contributed by atoms with van der Waals surface area (Å²) < 4.78 is 0. The lowest BCUT2D eigenvalue weighted by Crippen LogP contribution is -2.24. The van der Waals surface area contributed by atoms with Crippen molar-refractivity contribution >= 4 is 11.6 Å². The van der Waals surface area contributed by atoms with E-state index in [2.05, 4.69) is 27.1 Å². The van der Waals surface area contributed by atoms with Crippen molar-refractivity contribution in [1.82, 2.24) is 9.97 Å². The van der Waals surface area contributed by atoms with Crippen LogP contribution in [0.3, 0.4) is 0 Å². The first-order valence-electron chi connectivity index (χ1n) is 6.67. The average molecular weight is 250 g/mol. The van der Waals surface area contributed by atoms with Crippen molar-refractivity contribution in [3.05, 3.63) is 11.9 Å². The molecule has 1 aliphatic heterocycles. The highest BCUT2D eigenvalue weighted by molar-refractivity contribution is 5.59. The number of anilines is 2. The van der Waals surface area contributed by atoms with E-state index in [9.17, 15) is 5.11 Å². The SMILES string of the molecule is CCCc1c(NC)ncnc1N1CCC(CO)C1. The zero-order valence-electron chi connectivity index (χ0n) is 11.2. The summed E-state index contributed by atoms with van der Waals surface area (Å²) in [5.41, 5.74) is 1.20. The molecule has 5 heteroatoms. The molecule has 1 aromatic rings. The summed E-state index contributed by atoms with van der Waals surface area (Å²) in [5.74, 6) is 2.34. The minimum absolute atomic E-state index is 0.267. The van der Waals surface area contributed by atoms with Gasteiger partial charge in [0.15, 0.2) is 0 Å². The zero-order valence-corrected chi connectivity index (χ0v) is 11.2. The van der Waals surface area contributed by atoms with Crippen molar-refractivity contribution in [1.29, 1.82) is 0 Å². The molecule has 0 amide bonds. The highest BCUT2D eigenvalue weighted by Crippen LogP contribution is 2.28. The highest BCUT2D eigenvalue weighted by atomic mass is 16.3. The van der Waals surface area contributed by atoms with Crippen molar-refractivity contribution in [2.45, 2.75) is 26.2 Å². The fraction of sp³-hybridized carbons (Fsp3) is 0.692. The van der Waals surface area contributed by atoms with E-state index in [-0.39, 0.29) is 6.61 Å². The molecule has 0 aliphatic carbocycles. The van der Waals surface area contributed by atoms with Gasteiger partial charge >= 0.3 is 0 Å². The molecule has 1 atom stereocenters. The molecular formula is C13H22N4O. The molecule has 2 heterocycles. The first-order valence-corrected chi connectivity index (χ1v) is 6.67. The Labute approximate surface area is 108 Å². The molecule has 0 bridgehead atoms. The molecule has 0 radical (unpaired) electrons. The van der Waals surface area contributed by atoms with Gasteiger partial charge in [0.1, 0.15) is 18.0 Å². The molecular weight excluding hydrogens is 228 g/mol. The Hall–Kier alpha value is -1.36. The Morgan fingerprint density at radius 2 is 2.33 bits per heavy atom. The van der Waals surface area contributed by atoms with Crippen LogP contribution in [0, 0.1) is 5.92 Å². The van der Waals surface area contributed by atoms with E-state index in [0.29, 0.717) is 5.92 Å². The van der Waals surface area contributed by atoms with Gasteiger partial charge in [-0.2, -0.15) is 0 Å². The molecule has 1 aliphatic rings. The van der Waals surface area contributed by atoms with Crippen LogP contribution in [0.15, 0.2) is 6.33 Å². The molecule has 5 nitrogen and oxygen atoms in total. The predicted octanol–water partition coefficient (Wildman–Crippen LogP) is 1.29. The number of aliphatic hydroxyl groups excluding tert-OH is 1. The molecule has 1 fully saturated rings. The lowest BCUT2D eigenvalue weighted by molar-refractivity contribution is 0.238. The standard InChI is InChI=1S/C13H22N4O/c1-3-4-11-12(14-2)15-9-16-13(11)17-6-5-10(7-17)8-18/h9-10,18H,3-8H2,1-2H3,(H,14,15,16). The van der Waals surface area contributed by atoms with Crippen LogP contribution in [-0.2, 0) is 6.42 Å². The second-order valence-electron chi connectivity index (χ2n) is 4.81. The van der Waals surface area contributed by atoms with Gasteiger partial charge in [0.2, 0.25) is 0 Å². The molecule has 0 spiro atoms. The number of nitrogens with zero attached hydrogens (tertiary/aromatic N) is 3. The first-order chi connectivity index (χ1) is 8.80. The predicted molar refractivity (Wildman–Crippen MR) is 73.0 cm³/mol. The van der Waals surface area contributed by atoms with Crippen molar-refractivity contribution in [2.75, 3.05) is 37.0 Å². The van der Waals surface area contributed by atoms with Gasteiger partial charge in [-0.25, -0.2) is 9.97 Å². The maximum Gasteiger partial charge on any atom is 0.137 e. The Bertz CT molecular complexity index is 397. The summed E-state index contributed by atoms with van der Waals surface area (Å²) in [6.07, 6.45) is 4.71. The fourth-order valence-electron chi connectivity index (χ4n) is 2.55. The van der Waals surface area contributed by atoms with Crippen LogP contribution < -0.4 is 10.2 Å². The summed E-state index contributed by atoms with van der Waals surface area (Å²) in [6, 6.07) is 0. The van der Waals surface area contributed by atoms with Crippen LogP contribution >= 0.6 is 0 Å². The van der Waals surface area contributed by atoms with Crippen LogP contribution in [0.2, 0.25) is 0 Å². The molecule has 2 N–H and O–H groups in total. The molecule has 1 aromatic heterocycles. The Morgan fingerprint density at radius 3 is 2.94 bits per heavy atom. The molecule has 0 aromatic carbocycles. The van der Waals surface area contributed by atoms with E-state index in [4.69, 9.17) is 0 Å². The lowest BCUT2D eigenvalue weighted by atomic mass is 10.1. The molecule has 18 heavy (non-hydrogen) atoms. The van der Waals surface area contributed by atoms with Gasteiger partial charge in [0.05, 0.1) is 0 Å². The topological polar surface area (TPSA) is 61.3 Å². The molecule has 2 rings (SSSR count). The third-order valence-corrected chi connectivity index (χ3v) is 3.50. The summed E-state index contributed by atoms with van der Waals surface area (Å²) in [7, 11) is 1.89. The molecule has 100 valence electrons. The maximum absolute atomic E-state index is 9.23. The Morgan fingerprint density at radius 1 is 1.50 bits per heavy atom. The van der Waals surface area contributed by atoms with Gasteiger partial charge in [0.25, 0.3) is 0 Å². The second-order valence-corrected chi connectivity index (χ2v) is 4.81. The minimum atomic E-state index is 0.267. The number of aliphatic hydroxyl groups is 1. The third-order valence-electron chi connectivity index (χ3n) is 3.50. The highest BCUT2D eigenvalue weighted by Gasteiger charge is 2.25. The van der Waals surface area contributed by atoms with Crippen molar-refractivity contribution < 1.29 is 5.11 Å². The fourth-order valence-corrected chi connectivity index (χ4v) is 2.55. The normalized spacial score (nSPS) is 19.3. The van der Waals surface area contributed by atoms with Crippen molar-refractivity contribution in [3.8, 4) is 0 Å². The van der Waals surface area contributed by atoms with E-state index >= 15 is 0 Å². The Kier molecular flexibility index (Phi) is 4.36. The van der Waals surface area contributed by atoms with Crippen LogP contribution in [0.4, 0.5) is 11.6 Å². The van der Waals surface area contributed by atoms with Crippen molar-refractivity contribution in [2.24, 2.45) is 5.92 Å². The van der Waals surface area contributed by atoms with Gasteiger partial charge in [-0.05, 0) is 12.8 Å². The molecule has 1 saturated heterocycles. The van der Waals surface area contributed by atoms with E-state index in [1.165, 1.54) is 5.56 Å². The molecule has 0 saturated carbocycles.